The summed E-state index contributed by atoms with van der Waals surface area (Å²) in [7, 11) is 0. The Morgan fingerprint density at radius 2 is 2.37 bits per heavy atom. The van der Waals surface area contributed by atoms with Gasteiger partial charge in [-0.05, 0) is 17.5 Å². The minimum atomic E-state index is -0.699. The summed E-state index contributed by atoms with van der Waals surface area (Å²) >= 11 is 1.48. The highest BCUT2D eigenvalue weighted by Crippen LogP contribution is 2.10. The van der Waals surface area contributed by atoms with Crippen LogP contribution in [0.3, 0.4) is 0 Å². The van der Waals surface area contributed by atoms with Gasteiger partial charge in [0.2, 0.25) is 0 Å². The largest absolute Gasteiger partial charge is 0.452 e. The van der Waals surface area contributed by atoms with Gasteiger partial charge in [-0.1, -0.05) is 6.07 Å². The van der Waals surface area contributed by atoms with Crippen molar-refractivity contribution in [1.82, 2.24) is 4.90 Å². The van der Waals surface area contributed by atoms with E-state index in [0.29, 0.717) is 0 Å². The van der Waals surface area contributed by atoms with Crippen LogP contribution in [0.15, 0.2) is 23.6 Å². The Hall–Kier alpha value is -2.15. The molecule has 1 aromatic rings. The van der Waals surface area contributed by atoms with Gasteiger partial charge in [-0.25, -0.2) is 14.5 Å². The third-order valence-corrected chi connectivity index (χ3v) is 3.16. The number of amides is 2. The normalized spacial score (nSPS) is 14.7. The molecule has 2 rings (SSSR count). The maximum atomic E-state index is 11.5. The molecule has 1 aliphatic heterocycles. The summed E-state index contributed by atoms with van der Waals surface area (Å²) in [6.07, 6.45) is 2.14. The molecule has 2 amide bonds. The third-order valence-electron chi connectivity index (χ3n) is 2.33. The van der Waals surface area contributed by atoms with E-state index >= 15 is 0 Å². The standard InChI is InChI=1S/C12H11NO5S/c14-10(13-5-6-17-12(13)16)8-18-11(15)4-3-9-2-1-7-19-9/h1-4,7H,5-6,8H2/b4-3+. The molecule has 0 atom stereocenters. The zero-order valence-corrected chi connectivity index (χ0v) is 10.7. The Balaban J connectivity index is 1.77. The molecule has 6 nitrogen and oxygen atoms in total. The molecule has 1 fully saturated rings. The van der Waals surface area contributed by atoms with Gasteiger partial charge in [0.15, 0.2) is 6.61 Å². The van der Waals surface area contributed by atoms with Crippen molar-refractivity contribution in [3.05, 3.63) is 28.5 Å². The molecule has 0 aromatic carbocycles. The van der Waals surface area contributed by atoms with Crippen LogP contribution in [0.1, 0.15) is 4.88 Å². The molecular formula is C12H11NO5S. The number of nitrogens with zero attached hydrogens (tertiary/aromatic N) is 1. The fourth-order valence-electron chi connectivity index (χ4n) is 1.42. The van der Waals surface area contributed by atoms with Crippen molar-refractivity contribution in [2.24, 2.45) is 0 Å². The Morgan fingerprint density at radius 1 is 1.53 bits per heavy atom. The summed E-state index contributed by atoms with van der Waals surface area (Å²) in [5, 5.41) is 1.88. The van der Waals surface area contributed by atoms with Crippen LogP contribution in [-0.2, 0) is 19.1 Å². The van der Waals surface area contributed by atoms with Crippen LogP contribution < -0.4 is 0 Å². The number of esters is 1. The summed E-state index contributed by atoms with van der Waals surface area (Å²) in [5.74, 6) is -1.21. The van der Waals surface area contributed by atoms with E-state index in [2.05, 4.69) is 4.74 Å². The maximum Gasteiger partial charge on any atom is 0.416 e. The van der Waals surface area contributed by atoms with Crippen molar-refractivity contribution >= 4 is 35.4 Å². The Labute approximate surface area is 113 Å². The van der Waals surface area contributed by atoms with Gasteiger partial charge in [0.1, 0.15) is 6.61 Å². The van der Waals surface area contributed by atoms with E-state index in [9.17, 15) is 14.4 Å². The number of cyclic esters (lactones) is 1. The number of thiophene rings is 1. The first-order valence-electron chi connectivity index (χ1n) is 5.52. The molecule has 0 unspecified atom stereocenters. The lowest BCUT2D eigenvalue weighted by molar-refractivity contribution is -0.146. The lowest BCUT2D eigenvalue weighted by Gasteiger charge is -2.09. The predicted octanol–water partition coefficient (Wildman–Crippen LogP) is 1.28. The zero-order chi connectivity index (χ0) is 13.7. The summed E-state index contributed by atoms with van der Waals surface area (Å²) in [6.45, 7) is -0.0975. The van der Waals surface area contributed by atoms with E-state index in [-0.39, 0.29) is 13.2 Å². The van der Waals surface area contributed by atoms with E-state index in [0.717, 1.165) is 9.78 Å². The van der Waals surface area contributed by atoms with Gasteiger partial charge in [-0.2, -0.15) is 0 Å². The molecule has 1 aliphatic rings. The van der Waals surface area contributed by atoms with E-state index in [1.807, 2.05) is 17.5 Å². The second-order valence-electron chi connectivity index (χ2n) is 3.62. The van der Waals surface area contributed by atoms with Gasteiger partial charge in [0, 0.05) is 11.0 Å². The zero-order valence-electron chi connectivity index (χ0n) is 9.90. The quantitative estimate of drug-likeness (QED) is 0.614. The van der Waals surface area contributed by atoms with Crippen molar-refractivity contribution in [2.75, 3.05) is 19.8 Å². The first kappa shape index (κ1) is 13.3. The number of hydrogen-bond donors (Lipinski definition) is 0. The lowest BCUT2D eigenvalue weighted by atomic mass is 10.4. The van der Waals surface area contributed by atoms with E-state index in [1.165, 1.54) is 17.4 Å². The lowest BCUT2D eigenvalue weighted by Crippen LogP contribution is -2.35. The molecule has 0 N–H and O–H groups in total. The fourth-order valence-corrected chi connectivity index (χ4v) is 2.03. The molecule has 2 heterocycles. The molecule has 0 bridgehead atoms. The minimum absolute atomic E-state index is 0.177. The second kappa shape index (κ2) is 6.14. The monoisotopic (exact) mass is 281 g/mol. The van der Waals surface area contributed by atoms with Crippen molar-refractivity contribution in [3.8, 4) is 0 Å². The van der Waals surface area contributed by atoms with Crippen LogP contribution >= 0.6 is 11.3 Å². The van der Waals surface area contributed by atoms with E-state index < -0.39 is 24.6 Å². The molecule has 0 aliphatic carbocycles. The number of rotatable bonds is 4. The first-order valence-corrected chi connectivity index (χ1v) is 6.40. The molecule has 1 saturated heterocycles. The number of carbonyl (C=O) groups excluding carboxylic acids is 3. The predicted molar refractivity (Wildman–Crippen MR) is 67.4 cm³/mol. The van der Waals surface area contributed by atoms with Crippen LogP contribution in [0.25, 0.3) is 6.08 Å². The Morgan fingerprint density at radius 3 is 3.00 bits per heavy atom. The van der Waals surface area contributed by atoms with Crippen molar-refractivity contribution in [2.45, 2.75) is 0 Å². The highest BCUT2D eigenvalue weighted by atomic mass is 32.1. The van der Waals surface area contributed by atoms with Gasteiger partial charge >= 0.3 is 12.1 Å². The van der Waals surface area contributed by atoms with Crippen molar-refractivity contribution in [1.29, 1.82) is 0 Å². The number of imide groups is 1. The topological polar surface area (TPSA) is 72.9 Å². The molecule has 1 aromatic heterocycles. The molecule has 0 spiro atoms. The molecule has 7 heteroatoms. The Kier molecular flexibility index (Phi) is 4.30. The number of ether oxygens (including phenoxy) is 2. The summed E-state index contributed by atoms with van der Waals surface area (Å²) in [5.41, 5.74) is 0. The minimum Gasteiger partial charge on any atom is -0.452 e. The smallest absolute Gasteiger partial charge is 0.416 e. The molecule has 0 saturated carbocycles. The van der Waals surface area contributed by atoms with Crippen molar-refractivity contribution < 1.29 is 23.9 Å². The number of carbonyl (C=O) groups is 3. The molecule has 0 radical (unpaired) electrons. The van der Waals surface area contributed by atoms with Crippen LogP contribution in [0, 0.1) is 0 Å². The third kappa shape index (κ3) is 3.65. The average Bonchev–Trinajstić information content (AvgIpc) is 3.04. The molecule has 100 valence electrons. The highest BCUT2D eigenvalue weighted by molar-refractivity contribution is 7.10. The van der Waals surface area contributed by atoms with Crippen LogP contribution in [0.4, 0.5) is 4.79 Å². The molecular weight excluding hydrogens is 270 g/mol. The van der Waals surface area contributed by atoms with Gasteiger partial charge < -0.3 is 9.47 Å². The van der Waals surface area contributed by atoms with E-state index in [4.69, 9.17) is 4.74 Å². The fraction of sp³-hybridized carbons (Fsp3) is 0.250. The van der Waals surface area contributed by atoms with Gasteiger partial charge in [-0.3, -0.25) is 4.79 Å². The van der Waals surface area contributed by atoms with Crippen LogP contribution in [0.5, 0.6) is 0 Å². The van der Waals surface area contributed by atoms with Crippen LogP contribution in [0.2, 0.25) is 0 Å². The first-order chi connectivity index (χ1) is 9.16. The van der Waals surface area contributed by atoms with Crippen LogP contribution in [-0.4, -0.2) is 42.6 Å². The maximum absolute atomic E-state index is 11.5. The van der Waals surface area contributed by atoms with E-state index in [1.54, 1.807) is 6.08 Å². The molecule has 19 heavy (non-hydrogen) atoms. The summed E-state index contributed by atoms with van der Waals surface area (Å²) in [4.78, 5) is 35.8. The SMILES string of the molecule is O=C(/C=C/c1cccs1)OCC(=O)N1CCOC1=O. The van der Waals surface area contributed by atoms with Gasteiger partial charge in [-0.15, -0.1) is 11.3 Å². The van der Waals surface area contributed by atoms with Gasteiger partial charge in [0.05, 0.1) is 6.54 Å². The Bertz CT molecular complexity index is 508. The summed E-state index contributed by atoms with van der Waals surface area (Å²) < 4.78 is 9.35. The van der Waals surface area contributed by atoms with Gasteiger partial charge in [0.25, 0.3) is 5.91 Å². The number of hydrogen-bond acceptors (Lipinski definition) is 6. The van der Waals surface area contributed by atoms with Crippen molar-refractivity contribution in [3.63, 3.8) is 0 Å². The average molecular weight is 281 g/mol. The summed E-state index contributed by atoms with van der Waals surface area (Å²) in [6, 6.07) is 3.71. The second-order valence-corrected chi connectivity index (χ2v) is 4.60. The highest BCUT2D eigenvalue weighted by Gasteiger charge is 2.28.